The number of rotatable bonds is 9. The summed E-state index contributed by atoms with van der Waals surface area (Å²) in [7, 11) is 0. The molecule has 11 aromatic carbocycles. The lowest BCUT2D eigenvalue weighted by Crippen LogP contribution is -2.28. The summed E-state index contributed by atoms with van der Waals surface area (Å²) in [4.78, 5) is 2.36. The Morgan fingerprint density at radius 1 is 0.290 bits per heavy atom. The van der Waals surface area contributed by atoms with E-state index >= 15 is 0 Å². The topological polar surface area (TPSA) is 8.17 Å². The van der Waals surface area contributed by atoms with Gasteiger partial charge in [-0.25, -0.2) is 0 Å². The molecule has 2 nitrogen and oxygen atoms in total. The van der Waals surface area contributed by atoms with E-state index in [1.807, 2.05) is 0 Å². The Morgan fingerprint density at radius 2 is 0.768 bits per heavy atom. The highest BCUT2D eigenvalue weighted by molar-refractivity contribution is 6.11. The van der Waals surface area contributed by atoms with Crippen LogP contribution in [0.15, 0.2) is 279 Å². The third-order valence-corrected chi connectivity index (χ3v) is 14.3. The molecule has 0 saturated heterocycles. The van der Waals surface area contributed by atoms with Gasteiger partial charge >= 0.3 is 0 Å². The molecule has 0 fully saturated rings. The van der Waals surface area contributed by atoms with Gasteiger partial charge < -0.3 is 9.47 Å². The van der Waals surface area contributed by atoms with E-state index in [4.69, 9.17) is 0 Å². The van der Waals surface area contributed by atoms with Crippen molar-refractivity contribution in [1.82, 2.24) is 4.57 Å². The standard InChI is InChI=1S/C67H46N2/c1-5-21-47(22-6-1)56-31-13-14-32-57(56)48-39-42-54(43-40-48)68(53-28-11-4-12-29-53)55-30-19-23-49(45-55)50-41-44-59-58-33-16-18-37-63(58)69(65(59)46-50)64-38-20-36-62-66(64)60-34-15-17-35-61(60)67(62,51-24-7-2-8-25-51)52-26-9-3-10-27-52/h1-46H. The van der Waals surface area contributed by atoms with Crippen LogP contribution in [0.4, 0.5) is 17.1 Å². The number of hydrogen-bond acceptors (Lipinski definition) is 1. The van der Waals surface area contributed by atoms with E-state index < -0.39 is 5.41 Å². The molecule has 69 heavy (non-hydrogen) atoms. The highest BCUT2D eigenvalue weighted by Gasteiger charge is 2.47. The number of fused-ring (bicyclic) bond motifs is 6. The largest absolute Gasteiger partial charge is 0.310 e. The first-order chi connectivity index (χ1) is 34.3. The third-order valence-electron chi connectivity index (χ3n) is 14.3. The van der Waals surface area contributed by atoms with E-state index in [1.54, 1.807) is 0 Å². The smallest absolute Gasteiger partial charge is 0.0714 e. The molecule has 324 valence electrons. The van der Waals surface area contributed by atoms with E-state index in [2.05, 4.69) is 289 Å². The van der Waals surface area contributed by atoms with E-state index in [0.29, 0.717) is 0 Å². The molecular weight excluding hydrogens is 833 g/mol. The zero-order valence-electron chi connectivity index (χ0n) is 38.0. The van der Waals surface area contributed by atoms with Gasteiger partial charge in [-0.2, -0.15) is 0 Å². The van der Waals surface area contributed by atoms with Crippen molar-refractivity contribution >= 4 is 38.9 Å². The molecule has 1 aliphatic carbocycles. The van der Waals surface area contributed by atoms with Crippen molar-refractivity contribution in [3.8, 4) is 50.2 Å². The van der Waals surface area contributed by atoms with Crippen LogP contribution in [0.1, 0.15) is 22.3 Å². The molecule has 1 heterocycles. The number of hydrogen-bond donors (Lipinski definition) is 0. The molecule has 0 amide bonds. The van der Waals surface area contributed by atoms with E-state index in [0.717, 1.165) is 28.2 Å². The molecule has 0 bridgehead atoms. The maximum atomic E-state index is 2.52. The summed E-state index contributed by atoms with van der Waals surface area (Å²) in [5.74, 6) is 0. The fraction of sp³-hybridized carbons (Fsp3) is 0.0149. The van der Waals surface area contributed by atoms with E-state index in [9.17, 15) is 0 Å². The number of benzene rings is 11. The highest BCUT2D eigenvalue weighted by Crippen LogP contribution is 2.58. The van der Waals surface area contributed by atoms with Crippen LogP contribution in [-0.2, 0) is 5.41 Å². The van der Waals surface area contributed by atoms with Crippen molar-refractivity contribution < 1.29 is 0 Å². The zero-order valence-corrected chi connectivity index (χ0v) is 38.0. The van der Waals surface area contributed by atoms with Gasteiger partial charge in [0.1, 0.15) is 0 Å². The maximum absolute atomic E-state index is 2.52. The first-order valence-electron chi connectivity index (χ1n) is 23.8. The SMILES string of the molecule is c1ccc(-c2ccccc2-c2ccc(N(c3ccccc3)c3cccc(-c4ccc5c6ccccc6n(-c6cccc7c6-c6ccccc6C7(c6ccccc6)c6ccccc6)c5c4)c3)cc2)cc1. The van der Waals surface area contributed by atoms with Crippen LogP contribution in [0.5, 0.6) is 0 Å². The lowest BCUT2D eigenvalue weighted by molar-refractivity contribution is 0.768. The molecule has 12 aromatic rings. The van der Waals surface area contributed by atoms with Crippen molar-refractivity contribution in [3.63, 3.8) is 0 Å². The molecule has 0 saturated carbocycles. The summed E-state index contributed by atoms with van der Waals surface area (Å²) in [5.41, 5.74) is 21.1. The molecule has 1 aromatic heterocycles. The van der Waals surface area contributed by atoms with Crippen LogP contribution in [0.25, 0.3) is 72.0 Å². The van der Waals surface area contributed by atoms with Gasteiger partial charge in [-0.05, 0) is 116 Å². The van der Waals surface area contributed by atoms with Gasteiger partial charge in [0.05, 0.1) is 22.1 Å². The average molecular weight is 879 g/mol. The van der Waals surface area contributed by atoms with Crippen LogP contribution in [0.2, 0.25) is 0 Å². The number of para-hydroxylation sites is 2. The summed E-state index contributed by atoms with van der Waals surface area (Å²) in [5, 5.41) is 2.46. The molecule has 0 unspecified atom stereocenters. The predicted octanol–water partition coefficient (Wildman–Crippen LogP) is 17.6. The summed E-state index contributed by atoms with van der Waals surface area (Å²) in [6, 6.07) is 102. The Balaban J connectivity index is 0.960. The van der Waals surface area contributed by atoms with Crippen molar-refractivity contribution in [3.05, 3.63) is 301 Å². The van der Waals surface area contributed by atoms with Crippen molar-refractivity contribution in [2.24, 2.45) is 0 Å². The van der Waals surface area contributed by atoms with Crippen LogP contribution in [-0.4, -0.2) is 4.57 Å². The Labute approximate surface area is 403 Å². The second-order valence-corrected chi connectivity index (χ2v) is 18.0. The first-order valence-corrected chi connectivity index (χ1v) is 23.8. The Morgan fingerprint density at radius 3 is 1.48 bits per heavy atom. The monoisotopic (exact) mass is 878 g/mol. The second kappa shape index (κ2) is 16.7. The van der Waals surface area contributed by atoms with Crippen molar-refractivity contribution in [1.29, 1.82) is 0 Å². The van der Waals surface area contributed by atoms with E-state index in [-0.39, 0.29) is 0 Å². The third kappa shape index (κ3) is 6.56. The Hall–Kier alpha value is -8.98. The summed E-state index contributed by atoms with van der Waals surface area (Å²) in [6.45, 7) is 0. The van der Waals surface area contributed by atoms with Gasteiger partial charge in [-0.3, -0.25) is 0 Å². The summed E-state index contributed by atoms with van der Waals surface area (Å²) in [6.07, 6.45) is 0. The molecule has 2 heteroatoms. The van der Waals surface area contributed by atoms with Crippen LogP contribution in [0.3, 0.4) is 0 Å². The van der Waals surface area contributed by atoms with Gasteiger partial charge in [0.25, 0.3) is 0 Å². The minimum Gasteiger partial charge on any atom is -0.310 e. The molecule has 0 N–H and O–H groups in total. The quantitative estimate of drug-likeness (QED) is 0.140. The van der Waals surface area contributed by atoms with Crippen molar-refractivity contribution in [2.75, 3.05) is 4.90 Å². The van der Waals surface area contributed by atoms with Crippen LogP contribution < -0.4 is 4.90 Å². The summed E-state index contributed by atoms with van der Waals surface area (Å²) >= 11 is 0. The van der Waals surface area contributed by atoms with Crippen LogP contribution in [0, 0.1) is 0 Å². The molecule has 1 aliphatic rings. The fourth-order valence-electron chi connectivity index (χ4n) is 11.3. The van der Waals surface area contributed by atoms with Gasteiger partial charge in [0, 0.05) is 33.4 Å². The minimum atomic E-state index is -0.494. The van der Waals surface area contributed by atoms with Gasteiger partial charge in [-0.15, -0.1) is 0 Å². The minimum absolute atomic E-state index is 0.494. The maximum Gasteiger partial charge on any atom is 0.0714 e. The number of anilines is 3. The molecule has 0 atom stereocenters. The normalized spacial score (nSPS) is 12.5. The van der Waals surface area contributed by atoms with Gasteiger partial charge in [-0.1, -0.05) is 224 Å². The van der Waals surface area contributed by atoms with E-state index in [1.165, 1.54) is 83.1 Å². The molecule has 13 rings (SSSR count). The van der Waals surface area contributed by atoms with Gasteiger partial charge in [0.2, 0.25) is 0 Å². The average Bonchev–Trinajstić information content (AvgIpc) is 3.93. The number of nitrogens with zero attached hydrogens (tertiary/aromatic N) is 2. The van der Waals surface area contributed by atoms with Crippen molar-refractivity contribution in [2.45, 2.75) is 5.41 Å². The molecular formula is C67H46N2. The zero-order chi connectivity index (χ0) is 45.7. The van der Waals surface area contributed by atoms with Gasteiger partial charge in [0.15, 0.2) is 0 Å². The lowest BCUT2D eigenvalue weighted by atomic mass is 9.68. The summed E-state index contributed by atoms with van der Waals surface area (Å²) < 4.78 is 2.52. The lowest BCUT2D eigenvalue weighted by Gasteiger charge is -2.34. The first kappa shape index (κ1) is 40.3. The molecule has 0 spiro atoms. The predicted molar refractivity (Wildman–Crippen MR) is 289 cm³/mol. The molecule has 0 radical (unpaired) electrons. The number of aromatic nitrogens is 1. The van der Waals surface area contributed by atoms with Crippen LogP contribution >= 0.6 is 0 Å². The molecule has 0 aliphatic heterocycles. The second-order valence-electron chi connectivity index (χ2n) is 18.0. The highest BCUT2D eigenvalue weighted by atomic mass is 15.1. The fourth-order valence-corrected chi connectivity index (χ4v) is 11.3. The Kier molecular flexibility index (Phi) is 9.77. The Bertz CT molecular complexity index is 3780.